The van der Waals surface area contributed by atoms with Gasteiger partial charge in [0.15, 0.2) is 0 Å². The Morgan fingerprint density at radius 2 is 1.92 bits per heavy atom. The maximum absolute atomic E-state index is 12.9. The van der Waals surface area contributed by atoms with Gasteiger partial charge in [-0.25, -0.2) is 4.98 Å². The van der Waals surface area contributed by atoms with Crippen molar-refractivity contribution in [1.82, 2.24) is 9.88 Å². The first kappa shape index (κ1) is 19.9. The van der Waals surface area contributed by atoms with E-state index in [-0.39, 0.29) is 24.9 Å². The van der Waals surface area contributed by atoms with Gasteiger partial charge >= 0.3 is 5.97 Å². The molecule has 1 heterocycles. The second-order valence-corrected chi connectivity index (χ2v) is 7.13. The smallest absolute Gasteiger partial charge is 0.305 e. The Kier molecular flexibility index (Phi) is 6.74. The summed E-state index contributed by atoms with van der Waals surface area (Å²) in [4.78, 5) is 30.4. The second-order valence-electron chi connectivity index (χ2n) is 6.13. The maximum atomic E-state index is 12.9. The minimum atomic E-state index is -0.917. The Hall–Kier alpha value is -2.41. The third-order valence-electron chi connectivity index (χ3n) is 3.85. The minimum Gasteiger partial charge on any atom is -0.494 e. The van der Waals surface area contributed by atoms with Crippen molar-refractivity contribution >= 4 is 23.2 Å². The average molecular weight is 376 g/mol. The number of carbonyl (C=O) groups is 2. The van der Waals surface area contributed by atoms with Gasteiger partial charge in [0.1, 0.15) is 15.6 Å². The Bertz CT molecular complexity index is 768. The highest BCUT2D eigenvalue weighted by Crippen LogP contribution is 2.30. The lowest BCUT2D eigenvalue weighted by Crippen LogP contribution is -2.38. The van der Waals surface area contributed by atoms with Crippen molar-refractivity contribution < 1.29 is 19.4 Å². The molecule has 0 aliphatic heterocycles. The molecule has 140 valence electrons. The first-order valence-corrected chi connectivity index (χ1v) is 9.38. The fourth-order valence-electron chi connectivity index (χ4n) is 2.52. The number of thiazole rings is 1. The number of hydrogen-bond donors (Lipinski definition) is 1. The summed E-state index contributed by atoms with van der Waals surface area (Å²) < 4.78 is 5.44. The number of aromatic nitrogens is 1. The van der Waals surface area contributed by atoms with Crippen LogP contribution < -0.4 is 4.74 Å². The van der Waals surface area contributed by atoms with E-state index in [0.29, 0.717) is 17.2 Å². The number of aryl methyl sites for hydroxylation is 1. The van der Waals surface area contributed by atoms with Gasteiger partial charge in [0.05, 0.1) is 18.7 Å². The van der Waals surface area contributed by atoms with Crippen LogP contribution in [0.1, 0.15) is 42.6 Å². The summed E-state index contributed by atoms with van der Waals surface area (Å²) >= 11 is 1.33. The fraction of sp³-hybridized carbons (Fsp3) is 0.421. The van der Waals surface area contributed by atoms with E-state index in [1.807, 2.05) is 45.0 Å². The summed E-state index contributed by atoms with van der Waals surface area (Å²) in [6.45, 7) is 8.28. The molecule has 0 spiro atoms. The second kappa shape index (κ2) is 8.80. The average Bonchev–Trinajstić information content (AvgIpc) is 2.97. The van der Waals surface area contributed by atoms with Crippen molar-refractivity contribution in [3.8, 4) is 16.3 Å². The standard InChI is InChI=1S/C19H24N2O4S/c1-5-25-15-8-6-14(7-9-15)18-20-13(4)17(26-18)19(24)21(12(2)3)11-10-16(22)23/h6-9,12H,5,10-11H2,1-4H3,(H,22,23). The fourth-order valence-corrected chi connectivity index (χ4v) is 3.55. The minimum absolute atomic E-state index is 0.0759. The number of hydrogen-bond acceptors (Lipinski definition) is 5. The quantitative estimate of drug-likeness (QED) is 0.757. The van der Waals surface area contributed by atoms with Crippen molar-refractivity contribution in [1.29, 1.82) is 0 Å². The monoisotopic (exact) mass is 376 g/mol. The Morgan fingerprint density at radius 3 is 2.46 bits per heavy atom. The topological polar surface area (TPSA) is 79.7 Å². The highest BCUT2D eigenvalue weighted by atomic mass is 32.1. The molecule has 0 aliphatic carbocycles. The maximum Gasteiger partial charge on any atom is 0.305 e. The van der Waals surface area contributed by atoms with Gasteiger partial charge in [-0.15, -0.1) is 11.3 Å². The SMILES string of the molecule is CCOc1ccc(-c2nc(C)c(C(=O)N(CCC(=O)O)C(C)C)s2)cc1. The number of benzene rings is 1. The largest absolute Gasteiger partial charge is 0.494 e. The first-order chi connectivity index (χ1) is 12.3. The third-order valence-corrected chi connectivity index (χ3v) is 5.05. The van der Waals surface area contributed by atoms with Gasteiger partial charge in [-0.3, -0.25) is 9.59 Å². The summed E-state index contributed by atoms with van der Waals surface area (Å²) in [6, 6.07) is 7.51. The lowest BCUT2D eigenvalue weighted by molar-refractivity contribution is -0.137. The molecular weight excluding hydrogens is 352 g/mol. The number of amides is 1. The molecule has 6 nitrogen and oxygen atoms in total. The number of nitrogens with zero attached hydrogens (tertiary/aromatic N) is 2. The molecule has 0 atom stereocenters. The zero-order valence-corrected chi connectivity index (χ0v) is 16.3. The van der Waals surface area contributed by atoms with Crippen LogP contribution in [0.2, 0.25) is 0 Å². The van der Waals surface area contributed by atoms with E-state index < -0.39 is 5.97 Å². The molecule has 1 N–H and O–H groups in total. The molecule has 0 radical (unpaired) electrons. The van der Waals surface area contributed by atoms with Crippen LogP contribution in [0.3, 0.4) is 0 Å². The predicted octanol–water partition coefficient (Wildman–Crippen LogP) is 3.84. The third kappa shape index (κ3) is 4.82. The number of carboxylic acid groups (broad SMARTS) is 1. The van der Waals surface area contributed by atoms with Crippen LogP contribution in [0.15, 0.2) is 24.3 Å². The number of carboxylic acids is 1. The van der Waals surface area contributed by atoms with Crippen LogP contribution >= 0.6 is 11.3 Å². The van der Waals surface area contributed by atoms with E-state index in [0.717, 1.165) is 16.3 Å². The number of aliphatic carboxylic acids is 1. The number of carbonyl (C=O) groups excluding carboxylic acids is 1. The van der Waals surface area contributed by atoms with Crippen LogP contribution in [0.5, 0.6) is 5.75 Å². The van der Waals surface area contributed by atoms with Crippen LogP contribution in [-0.4, -0.2) is 46.1 Å². The molecule has 0 bridgehead atoms. The van der Waals surface area contributed by atoms with Gasteiger partial charge in [-0.2, -0.15) is 0 Å². The van der Waals surface area contributed by atoms with Gasteiger partial charge in [0.25, 0.3) is 5.91 Å². The summed E-state index contributed by atoms with van der Waals surface area (Å²) in [7, 11) is 0. The Balaban J connectivity index is 2.24. The summed E-state index contributed by atoms with van der Waals surface area (Å²) in [6.07, 6.45) is -0.0759. The number of rotatable bonds is 8. The summed E-state index contributed by atoms with van der Waals surface area (Å²) in [5, 5.41) is 9.67. The van der Waals surface area contributed by atoms with E-state index in [1.165, 1.54) is 11.3 Å². The van der Waals surface area contributed by atoms with Gasteiger partial charge in [0.2, 0.25) is 0 Å². The summed E-state index contributed by atoms with van der Waals surface area (Å²) in [5.41, 5.74) is 1.58. The Morgan fingerprint density at radius 1 is 1.27 bits per heavy atom. The van der Waals surface area contributed by atoms with E-state index in [2.05, 4.69) is 4.98 Å². The lowest BCUT2D eigenvalue weighted by atomic mass is 10.2. The zero-order chi connectivity index (χ0) is 19.3. The van der Waals surface area contributed by atoms with Crippen molar-refractivity contribution in [3.05, 3.63) is 34.8 Å². The van der Waals surface area contributed by atoms with Crippen LogP contribution in [0.25, 0.3) is 10.6 Å². The molecule has 0 aliphatic rings. The molecule has 1 aromatic carbocycles. The van der Waals surface area contributed by atoms with Crippen molar-refractivity contribution in [2.24, 2.45) is 0 Å². The molecule has 0 saturated heterocycles. The van der Waals surface area contributed by atoms with Crippen molar-refractivity contribution in [3.63, 3.8) is 0 Å². The van der Waals surface area contributed by atoms with Crippen LogP contribution in [0, 0.1) is 6.92 Å². The molecule has 2 rings (SSSR count). The lowest BCUT2D eigenvalue weighted by Gasteiger charge is -2.25. The van der Waals surface area contributed by atoms with E-state index in [1.54, 1.807) is 11.8 Å². The molecule has 1 amide bonds. The Labute approximate surface area is 157 Å². The van der Waals surface area contributed by atoms with E-state index in [9.17, 15) is 9.59 Å². The molecule has 0 saturated carbocycles. The zero-order valence-electron chi connectivity index (χ0n) is 15.5. The van der Waals surface area contributed by atoms with Gasteiger partial charge in [0, 0.05) is 18.2 Å². The molecular formula is C19H24N2O4S. The molecule has 2 aromatic rings. The highest BCUT2D eigenvalue weighted by molar-refractivity contribution is 7.17. The first-order valence-electron chi connectivity index (χ1n) is 8.56. The van der Waals surface area contributed by atoms with E-state index >= 15 is 0 Å². The molecule has 7 heteroatoms. The predicted molar refractivity (Wildman–Crippen MR) is 102 cm³/mol. The van der Waals surface area contributed by atoms with E-state index in [4.69, 9.17) is 9.84 Å². The highest BCUT2D eigenvalue weighted by Gasteiger charge is 2.24. The van der Waals surface area contributed by atoms with Crippen LogP contribution in [-0.2, 0) is 4.79 Å². The number of ether oxygens (including phenoxy) is 1. The normalized spacial score (nSPS) is 10.8. The molecule has 26 heavy (non-hydrogen) atoms. The molecule has 0 fully saturated rings. The van der Waals surface area contributed by atoms with Gasteiger partial charge in [-0.1, -0.05) is 0 Å². The van der Waals surface area contributed by atoms with Crippen LogP contribution in [0.4, 0.5) is 0 Å². The van der Waals surface area contributed by atoms with Gasteiger partial charge < -0.3 is 14.7 Å². The van der Waals surface area contributed by atoms with Crippen molar-refractivity contribution in [2.45, 2.75) is 40.2 Å². The van der Waals surface area contributed by atoms with Crippen molar-refractivity contribution in [2.75, 3.05) is 13.2 Å². The summed E-state index contributed by atoms with van der Waals surface area (Å²) in [5.74, 6) is -0.298. The molecule has 0 unspecified atom stereocenters. The molecule has 1 aromatic heterocycles. The van der Waals surface area contributed by atoms with Gasteiger partial charge in [-0.05, 0) is 52.0 Å².